The summed E-state index contributed by atoms with van der Waals surface area (Å²) in [4.78, 5) is 18.6. The molecule has 1 saturated carbocycles. The third-order valence-corrected chi connectivity index (χ3v) is 3.90. The molecule has 0 aromatic carbocycles. The number of hydrogen-bond donors (Lipinski definition) is 2. The lowest BCUT2D eigenvalue weighted by Gasteiger charge is -2.25. The Morgan fingerprint density at radius 2 is 2.11 bits per heavy atom. The van der Waals surface area contributed by atoms with Crippen molar-refractivity contribution < 1.29 is 4.79 Å². The van der Waals surface area contributed by atoms with Crippen LogP contribution in [0.1, 0.15) is 25.7 Å². The fourth-order valence-corrected chi connectivity index (χ4v) is 2.56. The van der Waals surface area contributed by atoms with Crippen LogP contribution in [0.15, 0.2) is 18.3 Å². The van der Waals surface area contributed by atoms with Gasteiger partial charge >= 0.3 is 0 Å². The number of nitrogens with one attached hydrogen (secondary N) is 1. The summed E-state index contributed by atoms with van der Waals surface area (Å²) in [6, 6.07) is 3.76. The molecule has 1 aliphatic rings. The molecule has 0 spiro atoms. The second-order valence-corrected chi connectivity index (χ2v) is 5.45. The molecule has 104 valence electrons. The zero-order valence-electron chi connectivity index (χ0n) is 11.6. The van der Waals surface area contributed by atoms with E-state index in [2.05, 4.69) is 10.3 Å². The lowest BCUT2D eigenvalue weighted by Crippen LogP contribution is -2.40. The number of carbonyl (C=O) groups excluding carboxylic acids is 1. The van der Waals surface area contributed by atoms with Crippen molar-refractivity contribution in [1.29, 1.82) is 0 Å². The van der Waals surface area contributed by atoms with E-state index in [-0.39, 0.29) is 11.3 Å². The molecule has 0 atom stereocenters. The highest BCUT2D eigenvalue weighted by Gasteiger charge is 2.39. The first kappa shape index (κ1) is 13.8. The van der Waals surface area contributed by atoms with Crippen molar-refractivity contribution in [2.24, 2.45) is 11.1 Å². The molecular weight excluding hydrogens is 240 g/mol. The van der Waals surface area contributed by atoms with Crippen molar-refractivity contribution in [1.82, 2.24) is 4.98 Å². The predicted octanol–water partition coefficient (Wildman–Crippen LogP) is 1.61. The van der Waals surface area contributed by atoms with E-state index in [1.807, 2.05) is 31.1 Å². The van der Waals surface area contributed by atoms with E-state index < -0.39 is 0 Å². The van der Waals surface area contributed by atoms with Gasteiger partial charge in [0.25, 0.3) is 0 Å². The Balaban J connectivity index is 2.06. The molecule has 0 radical (unpaired) electrons. The number of hydrogen-bond acceptors (Lipinski definition) is 4. The molecule has 1 fully saturated rings. The number of amides is 1. The van der Waals surface area contributed by atoms with E-state index in [4.69, 9.17) is 5.73 Å². The average Bonchev–Trinajstić information content (AvgIpc) is 2.89. The monoisotopic (exact) mass is 262 g/mol. The number of nitrogens with two attached hydrogens (primary N) is 1. The van der Waals surface area contributed by atoms with Crippen molar-refractivity contribution in [3.63, 3.8) is 0 Å². The molecule has 1 aliphatic carbocycles. The first-order valence-electron chi connectivity index (χ1n) is 6.72. The minimum atomic E-state index is -0.375. The first-order chi connectivity index (χ1) is 9.07. The van der Waals surface area contributed by atoms with Gasteiger partial charge in [-0.05, 0) is 25.0 Å². The second-order valence-electron chi connectivity index (χ2n) is 5.45. The summed E-state index contributed by atoms with van der Waals surface area (Å²) in [5.74, 6) is 0.902. The fraction of sp³-hybridized carbons (Fsp3) is 0.571. The molecule has 5 nitrogen and oxygen atoms in total. The fourth-order valence-electron chi connectivity index (χ4n) is 2.56. The molecule has 5 heteroatoms. The Morgan fingerprint density at radius 1 is 1.42 bits per heavy atom. The van der Waals surface area contributed by atoms with Gasteiger partial charge in [-0.15, -0.1) is 0 Å². The Labute approximate surface area is 114 Å². The molecule has 3 N–H and O–H groups in total. The highest BCUT2D eigenvalue weighted by molar-refractivity contribution is 5.95. The number of carbonyl (C=O) groups is 1. The summed E-state index contributed by atoms with van der Waals surface area (Å²) in [6.07, 6.45) is 5.63. The van der Waals surface area contributed by atoms with Gasteiger partial charge in [0, 0.05) is 20.6 Å². The van der Waals surface area contributed by atoms with Crippen LogP contribution in [0, 0.1) is 5.41 Å². The number of pyridine rings is 1. The molecule has 0 aliphatic heterocycles. The molecule has 2 rings (SSSR count). The Bertz CT molecular complexity index is 435. The molecular formula is C14H22N4O. The number of nitrogens with zero attached hydrogens (tertiary/aromatic N) is 2. The van der Waals surface area contributed by atoms with Crippen LogP contribution in [-0.2, 0) is 4.79 Å². The van der Waals surface area contributed by atoms with Gasteiger partial charge in [-0.3, -0.25) is 4.79 Å². The van der Waals surface area contributed by atoms with Gasteiger partial charge in [0.2, 0.25) is 5.91 Å². The minimum Gasteiger partial charge on any atom is -0.363 e. The van der Waals surface area contributed by atoms with Crippen molar-refractivity contribution in [3.05, 3.63) is 18.3 Å². The maximum atomic E-state index is 12.4. The Hall–Kier alpha value is -1.62. The lowest BCUT2D eigenvalue weighted by atomic mass is 9.85. The van der Waals surface area contributed by atoms with Crippen LogP contribution >= 0.6 is 0 Å². The van der Waals surface area contributed by atoms with Gasteiger partial charge in [-0.2, -0.15) is 0 Å². The Kier molecular flexibility index (Phi) is 4.04. The zero-order valence-corrected chi connectivity index (χ0v) is 11.6. The van der Waals surface area contributed by atoms with Crippen LogP contribution in [0.3, 0.4) is 0 Å². The Morgan fingerprint density at radius 3 is 2.58 bits per heavy atom. The largest absolute Gasteiger partial charge is 0.363 e. The summed E-state index contributed by atoms with van der Waals surface area (Å²) in [6.45, 7) is 0.419. The first-order valence-corrected chi connectivity index (χ1v) is 6.72. The lowest BCUT2D eigenvalue weighted by molar-refractivity contribution is -0.124. The van der Waals surface area contributed by atoms with E-state index >= 15 is 0 Å². The van der Waals surface area contributed by atoms with Crippen molar-refractivity contribution in [2.75, 3.05) is 30.9 Å². The molecule has 1 amide bonds. The van der Waals surface area contributed by atoms with Crippen LogP contribution in [-0.4, -0.2) is 31.5 Å². The van der Waals surface area contributed by atoms with E-state index in [1.165, 1.54) is 0 Å². The summed E-state index contributed by atoms with van der Waals surface area (Å²) < 4.78 is 0. The molecule has 0 bridgehead atoms. The normalized spacial score (nSPS) is 17.2. The van der Waals surface area contributed by atoms with Gasteiger partial charge < -0.3 is 16.0 Å². The number of anilines is 2. The molecule has 0 saturated heterocycles. The summed E-state index contributed by atoms with van der Waals surface area (Å²) in [5, 5.41) is 2.94. The quantitative estimate of drug-likeness (QED) is 0.864. The molecule has 0 unspecified atom stereocenters. The minimum absolute atomic E-state index is 0.0342. The van der Waals surface area contributed by atoms with Crippen molar-refractivity contribution in [2.45, 2.75) is 25.7 Å². The second kappa shape index (κ2) is 5.57. The highest BCUT2D eigenvalue weighted by Crippen LogP contribution is 2.38. The summed E-state index contributed by atoms with van der Waals surface area (Å²) in [7, 11) is 3.87. The topological polar surface area (TPSA) is 71.2 Å². The van der Waals surface area contributed by atoms with Crippen LogP contribution in [0.2, 0.25) is 0 Å². The van der Waals surface area contributed by atoms with E-state index in [9.17, 15) is 4.79 Å². The van der Waals surface area contributed by atoms with E-state index in [0.717, 1.165) is 37.2 Å². The maximum Gasteiger partial charge on any atom is 0.231 e. The zero-order chi connectivity index (χ0) is 13.9. The molecule has 1 heterocycles. The highest BCUT2D eigenvalue weighted by atomic mass is 16.2. The molecule has 1 aromatic heterocycles. The average molecular weight is 262 g/mol. The molecule has 1 aromatic rings. The van der Waals surface area contributed by atoms with Crippen LogP contribution in [0.4, 0.5) is 11.5 Å². The van der Waals surface area contributed by atoms with Crippen LogP contribution in [0.25, 0.3) is 0 Å². The third kappa shape index (κ3) is 2.87. The van der Waals surface area contributed by atoms with Gasteiger partial charge in [0.05, 0.1) is 17.3 Å². The van der Waals surface area contributed by atoms with E-state index in [0.29, 0.717) is 6.54 Å². The van der Waals surface area contributed by atoms with Crippen LogP contribution in [0.5, 0.6) is 0 Å². The maximum absolute atomic E-state index is 12.4. The number of rotatable bonds is 4. The smallest absolute Gasteiger partial charge is 0.231 e. The molecule has 19 heavy (non-hydrogen) atoms. The summed E-state index contributed by atoms with van der Waals surface area (Å²) >= 11 is 0. The van der Waals surface area contributed by atoms with Crippen molar-refractivity contribution >= 4 is 17.4 Å². The standard InChI is InChI=1S/C14H22N4O/c1-18(2)12-6-5-11(9-16-12)17-13(19)14(10-15)7-3-4-8-14/h5-6,9H,3-4,7-8,10,15H2,1-2H3,(H,17,19). The van der Waals surface area contributed by atoms with Gasteiger partial charge in [-0.1, -0.05) is 12.8 Å². The van der Waals surface area contributed by atoms with Gasteiger partial charge in [-0.25, -0.2) is 4.98 Å². The SMILES string of the molecule is CN(C)c1ccc(NC(=O)C2(CN)CCCC2)cn1. The van der Waals surface area contributed by atoms with Gasteiger partial charge in [0.1, 0.15) is 5.82 Å². The van der Waals surface area contributed by atoms with Crippen LogP contribution < -0.4 is 16.0 Å². The predicted molar refractivity (Wildman–Crippen MR) is 77.1 cm³/mol. The van der Waals surface area contributed by atoms with Crippen molar-refractivity contribution in [3.8, 4) is 0 Å². The summed E-state index contributed by atoms with van der Waals surface area (Å²) in [5.41, 5.74) is 6.16. The van der Waals surface area contributed by atoms with E-state index in [1.54, 1.807) is 6.20 Å². The third-order valence-electron chi connectivity index (χ3n) is 3.90. The van der Waals surface area contributed by atoms with Gasteiger partial charge in [0.15, 0.2) is 0 Å². The number of aromatic nitrogens is 1.